The molecule has 0 atom stereocenters. The quantitative estimate of drug-likeness (QED) is 0.567. The lowest BCUT2D eigenvalue weighted by Gasteiger charge is -2.13. The summed E-state index contributed by atoms with van der Waals surface area (Å²) in [6.45, 7) is 4.78. The van der Waals surface area contributed by atoms with Crippen LogP contribution in [0.1, 0.15) is 26.7 Å². The number of carbonyl (C=O) groups excluding carboxylic acids is 1. The average molecular weight is 216 g/mol. The Morgan fingerprint density at radius 2 is 2.13 bits per heavy atom. The van der Waals surface area contributed by atoms with Gasteiger partial charge in [0.2, 0.25) is 0 Å². The fraction of sp³-hybridized carbons (Fsp3) is 0.600. The molecule has 1 heterocycles. The van der Waals surface area contributed by atoms with E-state index in [4.69, 9.17) is 9.84 Å². The molecule has 0 aromatic heterocycles. The van der Waals surface area contributed by atoms with Gasteiger partial charge in [0, 0.05) is 6.42 Å². The zero-order valence-electron chi connectivity index (χ0n) is 8.99. The standard InChI is InChI=1S/C5H8O4.C5H8O/c1-2-9-5(8)3-4(6)7;1-2-5-3-4-6-5/h2-3H2,1H3,(H,6,7);3H,2,4H2,1H3. The molecule has 1 N–H and O–H groups in total. The molecule has 0 fully saturated rings. The summed E-state index contributed by atoms with van der Waals surface area (Å²) in [5, 5.41) is 8.01. The molecule has 86 valence electrons. The molecule has 0 aromatic rings. The van der Waals surface area contributed by atoms with Gasteiger partial charge in [-0.1, -0.05) is 6.92 Å². The summed E-state index contributed by atoms with van der Waals surface area (Å²) < 4.78 is 9.27. The van der Waals surface area contributed by atoms with Crippen LogP contribution < -0.4 is 0 Å². The largest absolute Gasteiger partial charge is 0.494 e. The van der Waals surface area contributed by atoms with Gasteiger partial charge in [-0.15, -0.1) is 0 Å². The molecule has 0 unspecified atom stereocenters. The Kier molecular flexibility index (Phi) is 7.05. The zero-order chi connectivity index (χ0) is 11.7. The van der Waals surface area contributed by atoms with E-state index < -0.39 is 18.4 Å². The van der Waals surface area contributed by atoms with Gasteiger partial charge in [0.15, 0.2) is 0 Å². The highest BCUT2D eigenvalue weighted by Crippen LogP contribution is 2.10. The fourth-order valence-corrected chi connectivity index (χ4v) is 0.783. The lowest BCUT2D eigenvalue weighted by molar-refractivity contribution is -0.150. The molecule has 5 heteroatoms. The van der Waals surface area contributed by atoms with Crippen LogP contribution in [0.15, 0.2) is 11.8 Å². The van der Waals surface area contributed by atoms with E-state index in [0.717, 1.165) is 18.8 Å². The first kappa shape index (κ1) is 13.5. The molecule has 0 amide bonds. The van der Waals surface area contributed by atoms with E-state index >= 15 is 0 Å². The van der Waals surface area contributed by atoms with Crippen molar-refractivity contribution in [2.45, 2.75) is 26.7 Å². The van der Waals surface area contributed by atoms with Crippen molar-refractivity contribution in [3.05, 3.63) is 11.8 Å². The molecule has 0 saturated heterocycles. The number of allylic oxidation sites excluding steroid dienone is 1. The van der Waals surface area contributed by atoms with E-state index in [-0.39, 0.29) is 6.61 Å². The van der Waals surface area contributed by atoms with E-state index in [0.29, 0.717) is 0 Å². The van der Waals surface area contributed by atoms with Crippen molar-refractivity contribution in [3.63, 3.8) is 0 Å². The number of rotatable bonds is 4. The van der Waals surface area contributed by atoms with Crippen molar-refractivity contribution in [2.24, 2.45) is 0 Å². The smallest absolute Gasteiger partial charge is 0.317 e. The first-order chi connectivity index (χ1) is 7.10. The molecule has 0 saturated carbocycles. The van der Waals surface area contributed by atoms with Gasteiger partial charge < -0.3 is 14.6 Å². The van der Waals surface area contributed by atoms with Gasteiger partial charge >= 0.3 is 11.9 Å². The Bertz CT molecular complexity index is 244. The molecule has 0 spiro atoms. The molecule has 0 aromatic carbocycles. The van der Waals surface area contributed by atoms with E-state index in [1.165, 1.54) is 0 Å². The summed E-state index contributed by atoms with van der Waals surface area (Å²) in [7, 11) is 0. The van der Waals surface area contributed by atoms with Gasteiger partial charge in [-0.2, -0.15) is 0 Å². The van der Waals surface area contributed by atoms with Crippen molar-refractivity contribution >= 4 is 11.9 Å². The molecular formula is C10H16O5. The molecule has 1 aliphatic rings. The first-order valence-corrected chi connectivity index (χ1v) is 4.79. The highest BCUT2D eigenvalue weighted by molar-refractivity contribution is 5.90. The Labute approximate surface area is 88.7 Å². The summed E-state index contributed by atoms with van der Waals surface area (Å²) >= 11 is 0. The Morgan fingerprint density at radius 3 is 2.33 bits per heavy atom. The number of carboxylic acids is 1. The number of ether oxygens (including phenoxy) is 2. The summed E-state index contributed by atoms with van der Waals surface area (Å²) in [5.74, 6) is -0.701. The van der Waals surface area contributed by atoms with Crippen LogP contribution in [-0.4, -0.2) is 30.3 Å². The van der Waals surface area contributed by atoms with Crippen molar-refractivity contribution < 1.29 is 24.2 Å². The van der Waals surface area contributed by atoms with Crippen molar-refractivity contribution in [3.8, 4) is 0 Å². The van der Waals surface area contributed by atoms with E-state index in [9.17, 15) is 9.59 Å². The molecule has 15 heavy (non-hydrogen) atoms. The fourth-order valence-electron chi connectivity index (χ4n) is 0.783. The Hall–Kier alpha value is -1.52. The second kappa shape index (κ2) is 7.84. The van der Waals surface area contributed by atoms with Crippen LogP contribution in [0.4, 0.5) is 0 Å². The lowest BCUT2D eigenvalue weighted by atomic mass is 10.3. The maximum absolute atomic E-state index is 10.3. The first-order valence-electron chi connectivity index (χ1n) is 4.79. The van der Waals surface area contributed by atoms with Crippen molar-refractivity contribution in [1.29, 1.82) is 0 Å². The maximum Gasteiger partial charge on any atom is 0.317 e. The van der Waals surface area contributed by atoms with Gasteiger partial charge in [0.05, 0.1) is 12.4 Å². The Balaban J connectivity index is 0.000000280. The van der Waals surface area contributed by atoms with Crippen LogP contribution in [0.5, 0.6) is 0 Å². The monoisotopic (exact) mass is 216 g/mol. The van der Waals surface area contributed by atoms with Crippen molar-refractivity contribution in [2.75, 3.05) is 13.2 Å². The summed E-state index contributed by atoms with van der Waals surface area (Å²) in [6, 6.07) is 0. The predicted octanol–water partition coefficient (Wildman–Crippen LogP) is 1.33. The van der Waals surface area contributed by atoms with E-state index in [1.54, 1.807) is 6.92 Å². The minimum Gasteiger partial charge on any atom is -0.494 e. The minimum absolute atomic E-state index is 0.228. The molecular weight excluding hydrogens is 200 g/mol. The molecule has 0 radical (unpaired) electrons. The summed E-state index contributed by atoms with van der Waals surface area (Å²) in [6.07, 6.45) is 2.60. The van der Waals surface area contributed by atoms with Crippen LogP contribution in [0.3, 0.4) is 0 Å². The number of carboxylic acid groups (broad SMARTS) is 1. The van der Waals surface area contributed by atoms with Crippen LogP contribution in [0.2, 0.25) is 0 Å². The van der Waals surface area contributed by atoms with Crippen molar-refractivity contribution in [1.82, 2.24) is 0 Å². The van der Waals surface area contributed by atoms with Gasteiger partial charge in [-0.05, 0) is 13.0 Å². The topological polar surface area (TPSA) is 72.8 Å². The van der Waals surface area contributed by atoms with Gasteiger partial charge in [-0.25, -0.2) is 0 Å². The number of hydrogen-bond donors (Lipinski definition) is 1. The third-order valence-electron chi connectivity index (χ3n) is 1.53. The minimum atomic E-state index is -1.16. The second-order valence-electron chi connectivity index (χ2n) is 2.71. The average Bonchev–Trinajstić information content (AvgIpc) is 2.01. The maximum atomic E-state index is 10.3. The third-order valence-corrected chi connectivity index (χ3v) is 1.53. The van der Waals surface area contributed by atoms with Crippen LogP contribution in [0.25, 0.3) is 0 Å². The third kappa shape index (κ3) is 7.54. The summed E-state index contributed by atoms with van der Waals surface area (Å²) in [4.78, 5) is 20.0. The van der Waals surface area contributed by atoms with Crippen LogP contribution >= 0.6 is 0 Å². The van der Waals surface area contributed by atoms with E-state index in [1.807, 2.05) is 0 Å². The summed E-state index contributed by atoms with van der Waals surface area (Å²) in [5.41, 5.74) is 0. The molecule has 0 aliphatic carbocycles. The number of carbonyl (C=O) groups is 2. The van der Waals surface area contributed by atoms with Gasteiger partial charge in [0.1, 0.15) is 13.0 Å². The highest BCUT2D eigenvalue weighted by atomic mass is 16.5. The highest BCUT2D eigenvalue weighted by Gasteiger charge is 2.06. The SMILES string of the molecule is CCC1=CCO1.CCOC(=O)CC(=O)O. The van der Waals surface area contributed by atoms with Gasteiger partial charge in [0.25, 0.3) is 0 Å². The van der Waals surface area contributed by atoms with E-state index in [2.05, 4.69) is 17.7 Å². The van der Waals surface area contributed by atoms with Gasteiger partial charge in [-0.3, -0.25) is 9.59 Å². The van der Waals surface area contributed by atoms with Crippen LogP contribution in [0, 0.1) is 0 Å². The Morgan fingerprint density at radius 1 is 1.53 bits per heavy atom. The number of esters is 1. The molecule has 0 bridgehead atoms. The van der Waals surface area contributed by atoms with Crippen LogP contribution in [-0.2, 0) is 19.1 Å². The normalized spacial score (nSPS) is 12.3. The molecule has 5 nitrogen and oxygen atoms in total. The number of hydrogen-bond acceptors (Lipinski definition) is 4. The second-order valence-corrected chi connectivity index (χ2v) is 2.71. The molecule has 1 aliphatic heterocycles. The molecule has 1 rings (SSSR count). The lowest BCUT2D eigenvalue weighted by Crippen LogP contribution is -2.09. The predicted molar refractivity (Wildman–Crippen MR) is 53.2 cm³/mol. The number of aliphatic carboxylic acids is 1. The zero-order valence-corrected chi connectivity index (χ0v) is 8.99.